The molecule has 1 heteroatoms. The maximum atomic E-state index is 4.59. The second-order valence-electron chi connectivity index (χ2n) is 7.41. The van der Waals surface area contributed by atoms with Gasteiger partial charge in [0.15, 0.2) is 0 Å². The van der Waals surface area contributed by atoms with Crippen LogP contribution in [0.1, 0.15) is 55.8 Å². The van der Waals surface area contributed by atoms with Gasteiger partial charge in [-0.05, 0) is 89.2 Å². The number of benzene rings is 2. The van der Waals surface area contributed by atoms with Gasteiger partial charge in [-0.3, -0.25) is 4.98 Å². The molecule has 0 unspecified atom stereocenters. The zero-order valence-corrected chi connectivity index (χ0v) is 14.3. The van der Waals surface area contributed by atoms with E-state index in [2.05, 4.69) is 55.2 Å². The van der Waals surface area contributed by atoms with Gasteiger partial charge in [-0.1, -0.05) is 30.3 Å². The van der Waals surface area contributed by atoms with Gasteiger partial charge in [-0.2, -0.15) is 0 Å². The lowest BCUT2D eigenvalue weighted by atomic mass is 9.79. The van der Waals surface area contributed by atoms with Crippen LogP contribution in [0.4, 0.5) is 0 Å². The number of hydrogen-bond donors (Lipinski definition) is 0. The SMILES string of the molecule is Cc1cc2c(cc1C)Cc1cc3c(cc1C2)Cc1cccnc1C3. The average molecular weight is 311 g/mol. The van der Waals surface area contributed by atoms with Crippen LogP contribution in [0.15, 0.2) is 42.6 Å². The molecule has 0 N–H and O–H groups in total. The first-order valence-corrected chi connectivity index (χ1v) is 8.82. The van der Waals surface area contributed by atoms with E-state index in [9.17, 15) is 0 Å². The third-order valence-electron chi connectivity index (χ3n) is 5.82. The second kappa shape index (κ2) is 5.04. The van der Waals surface area contributed by atoms with E-state index in [4.69, 9.17) is 0 Å². The lowest BCUT2D eigenvalue weighted by molar-refractivity contribution is 0.912. The van der Waals surface area contributed by atoms with Crippen molar-refractivity contribution in [1.82, 2.24) is 4.98 Å². The normalized spacial score (nSPS) is 14.4. The van der Waals surface area contributed by atoms with Crippen molar-refractivity contribution in [3.63, 3.8) is 0 Å². The van der Waals surface area contributed by atoms with Crippen molar-refractivity contribution in [1.29, 1.82) is 0 Å². The standard InChI is InChI=1S/C23H21N/c1-14-6-17-9-20-11-19-8-16-4-3-5-24-23(16)13-22(19)12-21(20)10-18(17)7-15(14)2/h3-7,11-12H,8-10,13H2,1-2H3. The highest BCUT2D eigenvalue weighted by molar-refractivity contribution is 5.53. The maximum absolute atomic E-state index is 4.59. The van der Waals surface area contributed by atoms with Crippen LogP contribution in [0.5, 0.6) is 0 Å². The molecule has 24 heavy (non-hydrogen) atoms. The number of fused-ring (bicyclic) bond motifs is 4. The first-order chi connectivity index (χ1) is 11.7. The van der Waals surface area contributed by atoms with Gasteiger partial charge < -0.3 is 0 Å². The Hall–Kier alpha value is -2.41. The highest BCUT2D eigenvalue weighted by Gasteiger charge is 2.22. The predicted octanol–water partition coefficient (Wildman–Crippen LogP) is 4.69. The number of aryl methyl sites for hydroxylation is 2. The van der Waals surface area contributed by atoms with Gasteiger partial charge >= 0.3 is 0 Å². The molecular formula is C23H21N. The number of pyridine rings is 1. The largest absolute Gasteiger partial charge is 0.261 e. The van der Waals surface area contributed by atoms with Crippen LogP contribution in [0.25, 0.3) is 0 Å². The first-order valence-electron chi connectivity index (χ1n) is 8.82. The zero-order valence-electron chi connectivity index (χ0n) is 14.3. The fourth-order valence-corrected chi connectivity index (χ4v) is 4.30. The van der Waals surface area contributed by atoms with Crippen molar-refractivity contribution in [2.24, 2.45) is 0 Å². The molecule has 2 aromatic carbocycles. The highest BCUT2D eigenvalue weighted by atomic mass is 14.7. The van der Waals surface area contributed by atoms with E-state index in [-0.39, 0.29) is 0 Å². The van der Waals surface area contributed by atoms with Crippen molar-refractivity contribution >= 4 is 0 Å². The third-order valence-corrected chi connectivity index (χ3v) is 5.82. The maximum Gasteiger partial charge on any atom is 0.0482 e. The van der Waals surface area contributed by atoms with Crippen molar-refractivity contribution in [3.05, 3.63) is 98.4 Å². The van der Waals surface area contributed by atoms with E-state index in [1.54, 1.807) is 0 Å². The van der Waals surface area contributed by atoms with Gasteiger partial charge in [0.1, 0.15) is 0 Å². The number of hydrogen-bond acceptors (Lipinski definition) is 1. The molecule has 0 fully saturated rings. The van der Waals surface area contributed by atoms with E-state index in [0.29, 0.717) is 0 Å². The molecule has 3 aromatic rings. The zero-order chi connectivity index (χ0) is 16.3. The topological polar surface area (TPSA) is 12.9 Å². The first kappa shape index (κ1) is 14.0. The van der Waals surface area contributed by atoms with E-state index in [1.165, 1.54) is 55.8 Å². The summed E-state index contributed by atoms with van der Waals surface area (Å²) < 4.78 is 0. The van der Waals surface area contributed by atoms with Gasteiger partial charge in [-0.25, -0.2) is 0 Å². The molecule has 0 amide bonds. The average Bonchev–Trinajstić information content (AvgIpc) is 2.58. The van der Waals surface area contributed by atoms with E-state index in [0.717, 1.165) is 25.7 Å². The molecule has 118 valence electrons. The van der Waals surface area contributed by atoms with Crippen LogP contribution in [0, 0.1) is 13.8 Å². The minimum atomic E-state index is 0.985. The van der Waals surface area contributed by atoms with Gasteiger partial charge in [0, 0.05) is 18.3 Å². The Morgan fingerprint density at radius 1 is 0.625 bits per heavy atom. The summed E-state index contributed by atoms with van der Waals surface area (Å²) >= 11 is 0. The van der Waals surface area contributed by atoms with Crippen LogP contribution < -0.4 is 0 Å². The molecule has 0 saturated heterocycles. The fraction of sp³-hybridized carbons (Fsp3) is 0.261. The summed E-state index contributed by atoms with van der Waals surface area (Å²) in [6.45, 7) is 4.45. The molecule has 2 aliphatic rings. The highest BCUT2D eigenvalue weighted by Crippen LogP contribution is 2.34. The van der Waals surface area contributed by atoms with Crippen LogP contribution in [-0.2, 0) is 25.7 Å². The Bertz CT molecular complexity index is 903. The number of nitrogens with zero attached hydrogens (tertiary/aromatic N) is 1. The second-order valence-corrected chi connectivity index (χ2v) is 7.41. The predicted molar refractivity (Wildman–Crippen MR) is 97.8 cm³/mol. The van der Waals surface area contributed by atoms with Crippen LogP contribution in [0.2, 0.25) is 0 Å². The lowest BCUT2D eigenvalue weighted by Gasteiger charge is -2.26. The van der Waals surface area contributed by atoms with Crippen LogP contribution in [0.3, 0.4) is 0 Å². The van der Waals surface area contributed by atoms with Crippen molar-refractivity contribution in [2.75, 3.05) is 0 Å². The summed E-state index contributed by atoms with van der Waals surface area (Å²) in [6.07, 6.45) is 6.10. The summed E-state index contributed by atoms with van der Waals surface area (Å²) in [7, 11) is 0. The quantitative estimate of drug-likeness (QED) is 0.404. The smallest absolute Gasteiger partial charge is 0.0482 e. The Morgan fingerprint density at radius 3 is 1.75 bits per heavy atom. The van der Waals surface area contributed by atoms with E-state index in [1.807, 2.05) is 6.20 Å². The summed E-state index contributed by atoms with van der Waals surface area (Å²) in [5.74, 6) is 0. The molecule has 1 heterocycles. The molecule has 1 aromatic heterocycles. The molecule has 2 aliphatic carbocycles. The minimum absolute atomic E-state index is 0.985. The summed E-state index contributed by atoms with van der Waals surface area (Å²) in [5.41, 5.74) is 14.5. The molecule has 0 spiro atoms. The Balaban J connectivity index is 1.58. The molecule has 1 nitrogen and oxygen atoms in total. The lowest BCUT2D eigenvalue weighted by Crippen LogP contribution is -2.14. The van der Waals surface area contributed by atoms with Crippen molar-refractivity contribution in [2.45, 2.75) is 39.5 Å². The van der Waals surface area contributed by atoms with E-state index < -0.39 is 0 Å². The minimum Gasteiger partial charge on any atom is -0.261 e. The van der Waals surface area contributed by atoms with Gasteiger partial charge in [0.2, 0.25) is 0 Å². The third kappa shape index (κ3) is 2.11. The van der Waals surface area contributed by atoms with Crippen molar-refractivity contribution < 1.29 is 0 Å². The van der Waals surface area contributed by atoms with Gasteiger partial charge in [-0.15, -0.1) is 0 Å². The van der Waals surface area contributed by atoms with Crippen molar-refractivity contribution in [3.8, 4) is 0 Å². The molecule has 0 atom stereocenters. The van der Waals surface area contributed by atoms with Crippen LogP contribution >= 0.6 is 0 Å². The fourth-order valence-electron chi connectivity index (χ4n) is 4.30. The molecule has 5 rings (SSSR count). The molecule has 0 aliphatic heterocycles. The Kier molecular flexibility index (Phi) is 2.94. The summed E-state index contributed by atoms with van der Waals surface area (Å²) in [6, 6.07) is 14.0. The van der Waals surface area contributed by atoms with Gasteiger partial charge in [0.05, 0.1) is 0 Å². The summed E-state index contributed by atoms with van der Waals surface area (Å²) in [4.78, 5) is 4.59. The molecular weight excluding hydrogens is 290 g/mol. The van der Waals surface area contributed by atoms with Gasteiger partial charge in [0.25, 0.3) is 0 Å². The number of aromatic nitrogens is 1. The Morgan fingerprint density at radius 2 is 1.12 bits per heavy atom. The molecule has 0 saturated carbocycles. The van der Waals surface area contributed by atoms with Crippen LogP contribution in [-0.4, -0.2) is 4.98 Å². The Labute approximate surface area is 143 Å². The number of rotatable bonds is 0. The molecule has 0 radical (unpaired) electrons. The monoisotopic (exact) mass is 311 g/mol. The summed E-state index contributed by atoms with van der Waals surface area (Å²) in [5, 5.41) is 0. The molecule has 0 bridgehead atoms. The van der Waals surface area contributed by atoms with E-state index >= 15 is 0 Å².